The Morgan fingerprint density at radius 3 is 2.67 bits per heavy atom. The van der Waals surface area contributed by atoms with E-state index in [-0.39, 0.29) is 37.9 Å². The Morgan fingerprint density at radius 2 is 2.04 bits per heavy atom. The smallest absolute Gasteiger partial charge is 0.308 e. The van der Waals surface area contributed by atoms with Crippen LogP contribution in [-0.2, 0) is 16.1 Å². The molecular formula is C19H21N3O5. The number of carbonyl (C=O) groups excluding carboxylic acids is 2. The van der Waals surface area contributed by atoms with Gasteiger partial charge in [0.2, 0.25) is 5.91 Å². The van der Waals surface area contributed by atoms with Gasteiger partial charge in [-0.05, 0) is 31.5 Å². The molecular weight excluding hydrogens is 350 g/mol. The summed E-state index contributed by atoms with van der Waals surface area (Å²) in [5.74, 6) is -2.55. The first-order valence-electron chi connectivity index (χ1n) is 8.69. The Morgan fingerprint density at radius 1 is 1.26 bits per heavy atom. The molecule has 0 aromatic carbocycles. The van der Waals surface area contributed by atoms with Crippen molar-refractivity contribution in [3.63, 3.8) is 0 Å². The van der Waals surface area contributed by atoms with Gasteiger partial charge >= 0.3 is 5.97 Å². The topological polar surface area (TPSA) is 113 Å². The number of hydrogen-bond donors (Lipinski definition) is 2. The second kappa shape index (κ2) is 8.03. The van der Waals surface area contributed by atoms with Crippen LogP contribution in [0.3, 0.4) is 0 Å². The van der Waals surface area contributed by atoms with Gasteiger partial charge in [-0.15, -0.1) is 0 Å². The third-order valence-corrected chi connectivity index (χ3v) is 4.72. The van der Waals surface area contributed by atoms with Crippen LogP contribution < -0.4 is 5.32 Å². The lowest BCUT2D eigenvalue weighted by Crippen LogP contribution is -2.50. The van der Waals surface area contributed by atoms with Crippen LogP contribution in [0.1, 0.15) is 28.2 Å². The van der Waals surface area contributed by atoms with Crippen LogP contribution in [0.25, 0.3) is 0 Å². The second-order valence-electron chi connectivity index (χ2n) is 6.61. The summed E-state index contributed by atoms with van der Waals surface area (Å²) in [6, 6.07) is 6.95. The van der Waals surface area contributed by atoms with E-state index in [9.17, 15) is 19.5 Å². The largest absolute Gasteiger partial charge is 0.481 e. The number of rotatable bonds is 5. The van der Waals surface area contributed by atoms with Crippen molar-refractivity contribution < 1.29 is 23.9 Å². The van der Waals surface area contributed by atoms with E-state index in [0.717, 1.165) is 0 Å². The molecule has 3 heterocycles. The summed E-state index contributed by atoms with van der Waals surface area (Å²) < 4.78 is 5.16. The fraction of sp³-hybridized carbons (Fsp3) is 0.368. The Kier molecular flexibility index (Phi) is 5.54. The molecule has 0 unspecified atom stereocenters. The summed E-state index contributed by atoms with van der Waals surface area (Å²) in [5, 5.41) is 12.2. The lowest BCUT2D eigenvalue weighted by Gasteiger charge is -2.35. The van der Waals surface area contributed by atoms with Gasteiger partial charge < -0.3 is 19.7 Å². The van der Waals surface area contributed by atoms with E-state index in [1.54, 1.807) is 31.3 Å². The van der Waals surface area contributed by atoms with Crippen LogP contribution in [0, 0.1) is 18.8 Å². The van der Waals surface area contributed by atoms with Crippen molar-refractivity contribution in [2.75, 3.05) is 13.1 Å². The molecule has 3 rings (SSSR count). The lowest BCUT2D eigenvalue weighted by molar-refractivity contribution is -0.144. The predicted molar refractivity (Wildman–Crippen MR) is 94.7 cm³/mol. The molecule has 2 N–H and O–H groups in total. The average molecular weight is 371 g/mol. The van der Waals surface area contributed by atoms with Gasteiger partial charge in [-0.2, -0.15) is 0 Å². The van der Waals surface area contributed by atoms with E-state index < -0.39 is 17.8 Å². The molecule has 1 aliphatic heterocycles. The summed E-state index contributed by atoms with van der Waals surface area (Å²) in [6.45, 7) is 2.16. The van der Waals surface area contributed by atoms with Gasteiger partial charge in [0.25, 0.3) is 5.91 Å². The van der Waals surface area contributed by atoms with E-state index >= 15 is 0 Å². The van der Waals surface area contributed by atoms with Gasteiger partial charge in [-0.25, -0.2) is 0 Å². The predicted octanol–water partition coefficient (Wildman–Crippen LogP) is 1.46. The monoisotopic (exact) mass is 371 g/mol. The van der Waals surface area contributed by atoms with Crippen molar-refractivity contribution in [2.24, 2.45) is 11.8 Å². The van der Waals surface area contributed by atoms with Crippen molar-refractivity contribution in [3.8, 4) is 0 Å². The van der Waals surface area contributed by atoms with Gasteiger partial charge in [0.1, 0.15) is 5.76 Å². The summed E-state index contributed by atoms with van der Waals surface area (Å²) in [7, 11) is 0. The van der Waals surface area contributed by atoms with Crippen LogP contribution in [0.4, 0.5) is 0 Å². The van der Waals surface area contributed by atoms with Gasteiger partial charge in [-0.1, -0.05) is 6.07 Å². The normalized spacial score (nSPS) is 19.5. The second-order valence-corrected chi connectivity index (χ2v) is 6.61. The number of piperidine rings is 1. The zero-order chi connectivity index (χ0) is 19.4. The summed E-state index contributed by atoms with van der Waals surface area (Å²) in [4.78, 5) is 42.4. The highest BCUT2D eigenvalue weighted by Gasteiger charge is 2.37. The third kappa shape index (κ3) is 4.33. The number of pyridine rings is 1. The number of nitrogens with zero attached hydrogens (tertiary/aromatic N) is 2. The molecule has 8 nitrogen and oxygen atoms in total. The number of amides is 2. The highest BCUT2D eigenvalue weighted by Crippen LogP contribution is 2.25. The van der Waals surface area contributed by atoms with Crippen LogP contribution >= 0.6 is 0 Å². The molecule has 0 aliphatic carbocycles. The van der Waals surface area contributed by atoms with Gasteiger partial charge in [0, 0.05) is 19.3 Å². The minimum atomic E-state index is -1.01. The van der Waals surface area contributed by atoms with Crippen molar-refractivity contribution in [3.05, 3.63) is 53.7 Å². The zero-order valence-electron chi connectivity index (χ0n) is 14.9. The Balaban J connectivity index is 1.70. The molecule has 0 bridgehead atoms. The van der Waals surface area contributed by atoms with Crippen LogP contribution in [0.5, 0.6) is 0 Å². The number of aliphatic carboxylic acids is 1. The number of aromatic nitrogens is 1. The van der Waals surface area contributed by atoms with E-state index in [2.05, 4.69) is 10.3 Å². The number of aryl methyl sites for hydroxylation is 1. The molecule has 142 valence electrons. The van der Waals surface area contributed by atoms with E-state index in [0.29, 0.717) is 17.0 Å². The van der Waals surface area contributed by atoms with Crippen LogP contribution in [0.15, 0.2) is 41.1 Å². The number of furan rings is 1. The van der Waals surface area contributed by atoms with Crippen LogP contribution in [0.2, 0.25) is 0 Å². The zero-order valence-corrected chi connectivity index (χ0v) is 14.9. The molecule has 2 aromatic heterocycles. The fourth-order valence-electron chi connectivity index (χ4n) is 3.24. The number of carboxylic acids is 1. The molecule has 0 spiro atoms. The summed E-state index contributed by atoms with van der Waals surface area (Å²) in [6.07, 6.45) is 3.24. The SMILES string of the molecule is Cc1occc1C(=O)N1C[C@@H](C(=O)O)C[C@H](C(=O)NCc2ccccn2)C1. The first-order valence-corrected chi connectivity index (χ1v) is 8.69. The fourth-order valence-corrected chi connectivity index (χ4v) is 3.24. The standard InChI is InChI=1S/C19H21N3O5/c1-12-16(5-7-27-12)18(24)22-10-13(8-14(11-22)19(25)26)17(23)21-9-15-4-2-3-6-20-15/h2-7,13-14H,8-11H2,1H3,(H,21,23)(H,25,26)/t13-,14-/m0/s1. The van der Waals surface area contributed by atoms with Gasteiger partial charge in [0.15, 0.2) is 0 Å². The van der Waals surface area contributed by atoms with Crippen molar-refractivity contribution in [1.82, 2.24) is 15.2 Å². The molecule has 1 aliphatic rings. The van der Waals surface area contributed by atoms with Gasteiger partial charge in [0.05, 0.1) is 35.9 Å². The highest BCUT2D eigenvalue weighted by molar-refractivity contribution is 5.96. The number of hydrogen-bond acceptors (Lipinski definition) is 5. The van der Waals surface area contributed by atoms with E-state index in [4.69, 9.17) is 4.42 Å². The summed E-state index contributed by atoms with van der Waals surface area (Å²) in [5.41, 5.74) is 1.09. The first-order chi connectivity index (χ1) is 13.0. The Bertz CT molecular complexity index is 833. The minimum absolute atomic E-state index is 0.0722. The van der Waals surface area contributed by atoms with Crippen molar-refractivity contribution >= 4 is 17.8 Å². The Labute approximate surface area is 156 Å². The highest BCUT2D eigenvalue weighted by atomic mass is 16.4. The van der Waals surface area contributed by atoms with Crippen LogP contribution in [-0.4, -0.2) is 45.9 Å². The quantitative estimate of drug-likeness (QED) is 0.823. The summed E-state index contributed by atoms with van der Waals surface area (Å²) >= 11 is 0. The molecule has 2 atom stereocenters. The molecule has 8 heteroatoms. The minimum Gasteiger partial charge on any atom is -0.481 e. The molecule has 1 fully saturated rings. The maximum atomic E-state index is 12.7. The van der Waals surface area contributed by atoms with Crippen molar-refractivity contribution in [1.29, 1.82) is 0 Å². The van der Waals surface area contributed by atoms with Gasteiger partial charge in [-0.3, -0.25) is 19.4 Å². The van der Waals surface area contributed by atoms with E-state index in [1.165, 1.54) is 11.2 Å². The molecule has 0 radical (unpaired) electrons. The average Bonchev–Trinajstić information content (AvgIpc) is 3.11. The molecule has 0 saturated carbocycles. The Hall–Kier alpha value is -3.16. The molecule has 1 saturated heterocycles. The first kappa shape index (κ1) is 18.6. The third-order valence-electron chi connectivity index (χ3n) is 4.72. The molecule has 2 aromatic rings. The molecule has 2 amide bonds. The molecule has 27 heavy (non-hydrogen) atoms. The maximum absolute atomic E-state index is 12.7. The number of likely N-dealkylation sites (tertiary alicyclic amines) is 1. The number of carboxylic acid groups (broad SMARTS) is 1. The lowest BCUT2D eigenvalue weighted by atomic mass is 9.88. The van der Waals surface area contributed by atoms with Crippen molar-refractivity contribution in [2.45, 2.75) is 19.9 Å². The van der Waals surface area contributed by atoms with E-state index in [1.807, 2.05) is 6.07 Å². The number of carbonyl (C=O) groups is 3. The maximum Gasteiger partial charge on any atom is 0.308 e. The number of nitrogens with one attached hydrogen (secondary N) is 1.